The molecule has 6 nitrogen and oxygen atoms in total. The molecular formula is C15H18NO5S+. The molecule has 118 valence electrons. The normalized spacial score (nSPS) is 12.1. The number of rotatable bonds is 5. The van der Waals surface area contributed by atoms with Gasteiger partial charge in [0, 0.05) is 23.9 Å². The van der Waals surface area contributed by atoms with E-state index in [1.165, 1.54) is 14.0 Å². The fraction of sp³-hybridized carbons (Fsp3) is 0.333. The van der Waals surface area contributed by atoms with Crippen LogP contribution in [0, 0.1) is 0 Å². The molecule has 0 saturated carbocycles. The first-order chi connectivity index (χ1) is 10.4. The van der Waals surface area contributed by atoms with Gasteiger partial charge in [0.25, 0.3) is 4.90 Å². The number of nitrogens with one attached hydrogen (secondary N) is 1. The molecule has 0 bridgehead atoms. The second kappa shape index (κ2) is 6.74. The fourth-order valence-electron chi connectivity index (χ4n) is 2.06. The van der Waals surface area contributed by atoms with Crippen LogP contribution in [-0.4, -0.2) is 36.7 Å². The summed E-state index contributed by atoms with van der Waals surface area (Å²) in [5, 5.41) is 13.5. The predicted octanol–water partition coefficient (Wildman–Crippen LogP) is 1.25. The number of methoxy groups -OCH3 is 1. The molecule has 0 radical (unpaired) electrons. The molecule has 1 heterocycles. The Morgan fingerprint density at radius 1 is 1.45 bits per heavy atom. The SMILES string of the molecule is COc1ccc2c(O)c([S+](C)CCNC(C)=O)c(=O)oc2c1. The summed E-state index contributed by atoms with van der Waals surface area (Å²) in [4.78, 5) is 23.3. The van der Waals surface area contributed by atoms with Gasteiger partial charge in [-0.05, 0) is 12.1 Å². The maximum absolute atomic E-state index is 12.1. The molecular weight excluding hydrogens is 306 g/mol. The van der Waals surface area contributed by atoms with Crippen LogP contribution in [0.1, 0.15) is 6.92 Å². The number of carbonyl (C=O) groups excluding carboxylic acids is 1. The van der Waals surface area contributed by atoms with Gasteiger partial charge in [0.2, 0.25) is 5.91 Å². The Balaban J connectivity index is 2.38. The van der Waals surface area contributed by atoms with Crippen molar-refractivity contribution in [2.45, 2.75) is 11.8 Å². The number of aromatic hydroxyl groups is 1. The Morgan fingerprint density at radius 2 is 2.18 bits per heavy atom. The average Bonchev–Trinajstić information content (AvgIpc) is 2.46. The van der Waals surface area contributed by atoms with Gasteiger partial charge in [-0.15, -0.1) is 0 Å². The highest BCUT2D eigenvalue weighted by molar-refractivity contribution is 7.96. The van der Waals surface area contributed by atoms with Gasteiger partial charge in [0.05, 0.1) is 19.0 Å². The van der Waals surface area contributed by atoms with Gasteiger partial charge in [-0.2, -0.15) is 0 Å². The molecule has 0 aliphatic carbocycles. The third kappa shape index (κ3) is 3.36. The van der Waals surface area contributed by atoms with Crippen molar-refractivity contribution >= 4 is 27.8 Å². The smallest absolute Gasteiger partial charge is 0.396 e. The second-order valence-corrected chi connectivity index (χ2v) is 6.84. The third-order valence-corrected chi connectivity index (χ3v) is 5.05. The highest BCUT2D eigenvalue weighted by Crippen LogP contribution is 2.31. The van der Waals surface area contributed by atoms with E-state index >= 15 is 0 Å². The molecule has 0 aliphatic rings. The van der Waals surface area contributed by atoms with Gasteiger partial charge in [0.1, 0.15) is 23.3 Å². The first kappa shape index (κ1) is 16.2. The Labute approximate surface area is 130 Å². The lowest BCUT2D eigenvalue weighted by Gasteiger charge is -2.07. The highest BCUT2D eigenvalue weighted by atomic mass is 32.2. The zero-order valence-corrected chi connectivity index (χ0v) is 13.5. The maximum Gasteiger partial charge on any atom is 0.396 e. The van der Waals surface area contributed by atoms with E-state index in [0.29, 0.717) is 23.4 Å². The Hall–Kier alpha value is -2.15. The molecule has 1 atom stereocenters. The summed E-state index contributed by atoms with van der Waals surface area (Å²) in [6.45, 7) is 1.87. The zero-order valence-electron chi connectivity index (χ0n) is 12.6. The Bertz CT molecular complexity index is 755. The van der Waals surface area contributed by atoms with Crippen LogP contribution in [0.3, 0.4) is 0 Å². The van der Waals surface area contributed by atoms with Gasteiger partial charge in [-0.1, -0.05) is 0 Å². The molecule has 1 aromatic carbocycles. The van der Waals surface area contributed by atoms with Crippen LogP contribution in [0.4, 0.5) is 0 Å². The maximum atomic E-state index is 12.1. The summed E-state index contributed by atoms with van der Waals surface area (Å²) in [6.07, 6.45) is 1.84. The molecule has 2 rings (SSSR count). The summed E-state index contributed by atoms with van der Waals surface area (Å²) >= 11 is 0. The molecule has 7 heteroatoms. The molecule has 1 aromatic heterocycles. The summed E-state index contributed by atoms with van der Waals surface area (Å²) in [6, 6.07) is 4.91. The topological polar surface area (TPSA) is 88.8 Å². The molecule has 0 spiro atoms. The Morgan fingerprint density at radius 3 is 2.82 bits per heavy atom. The van der Waals surface area contributed by atoms with Crippen LogP contribution in [-0.2, 0) is 15.7 Å². The lowest BCUT2D eigenvalue weighted by Crippen LogP contribution is -2.28. The summed E-state index contributed by atoms with van der Waals surface area (Å²) in [7, 11) is 0.975. The van der Waals surface area contributed by atoms with Crippen LogP contribution < -0.4 is 15.7 Å². The molecule has 2 N–H and O–H groups in total. The van der Waals surface area contributed by atoms with Crippen LogP contribution in [0.5, 0.6) is 11.5 Å². The number of carbonyl (C=O) groups is 1. The summed E-state index contributed by atoms with van der Waals surface area (Å²) < 4.78 is 10.4. The molecule has 22 heavy (non-hydrogen) atoms. The largest absolute Gasteiger partial charge is 0.503 e. The second-order valence-electron chi connectivity index (χ2n) is 4.75. The van der Waals surface area contributed by atoms with E-state index in [1.54, 1.807) is 18.2 Å². The highest BCUT2D eigenvalue weighted by Gasteiger charge is 2.28. The number of benzene rings is 1. The number of amides is 1. The molecule has 1 unspecified atom stereocenters. The van der Waals surface area contributed by atoms with Crippen molar-refractivity contribution in [3.8, 4) is 11.5 Å². The minimum atomic E-state index is -0.563. The van der Waals surface area contributed by atoms with Crippen molar-refractivity contribution in [1.82, 2.24) is 5.32 Å². The van der Waals surface area contributed by atoms with E-state index < -0.39 is 16.5 Å². The van der Waals surface area contributed by atoms with Gasteiger partial charge in [-0.3, -0.25) is 4.79 Å². The molecule has 2 aromatic rings. The first-order valence-electron chi connectivity index (χ1n) is 6.65. The molecule has 0 saturated heterocycles. The van der Waals surface area contributed by atoms with E-state index in [9.17, 15) is 14.7 Å². The van der Waals surface area contributed by atoms with E-state index in [-0.39, 0.29) is 22.1 Å². The average molecular weight is 324 g/mol. The van der Waals surface area contributed by atoms with Crippen LogP contribution in [0.25, 0.3) is 11.0 Å². The first-order valence-corrected chi connectivity index (χ1v) is 8.45. The quantitative estimate of drug-likeness (QED) is 0.638. The lowest BCUT2D eigenvalue weighted by molar-refractivity contribution is -0.118. The summed E-state index contributed by atoms with van der Waals surface area (Å²) in [5.41, 5.74) is -0.281. The molecule has 1 amide bonds. The molecule has 0 fully saturated rings. The van der Waals surface area contributed by atoms with Crippen molar-refractivity contribution in [1.29, 1.82) is 0 Å². The van der Waals surface area contributed by atoms with E-state index in [2.05, 4.69) is 5.32 Å². The number of hydrogen-bond acceptors (Lipinski definition) is 5. The minimum Gasteiger partial charge on any atom is -0.503 e. The van der Waals surface area contributed by atoms with E-state index in [4.69, 9.17) is 9.15 Å². The van der Waals surface area contributed by atoms with Gasteiger partial charge in [-0.25, -0.2) is 4.79 Å². The number of ether oxygens (including phenoxy) is 1. The predicted molar refractivity (Wildman–Crippen MR) is 85.8 cm³/mol. The monoisotopic (exact) mass is 324 g/mol. The van der Waals surface area contributed by atoms with Gasteiger partial charge in [0.15, 0.2) is 5.75 Å². The van der Waals surface area contributed by atoms with Crippen molar-refractivity contribution in [2.75, 3.05) is 25.7 Å². The number of hydrogen-bond donors (Lipinski definition) is 2. The Kier molecular flexibility index (Phi) is 4.97. The van der Waals surface area contributed by atoms with Gasteiger partial charge >= 0.3 is 5.63 Å². The minimum absolute atomic E-state index is 0.0671. The fourth-order valence-corrected chi connectivity index (χ4v) is 3.44. The molecule has 0 aliphatic heterocycles. The number of fused-ring (bicyclic) bond motifs is 1. The van der Waals surface area contributed by atoms with Crippen molar-refractivity contribution < 1.29 is 19.1 Å². The van der Waals surface area contributed by atoms with E-state index in [0.717, 1.165) is 0 Å². The lowest BCUT2D eigenvalue weighted by atomic mass is 10.2. The van der Waals surface area contributed by atoms with Crippen LogP contribution >= 0.6 is 0 Å². The van der Waals surface area contributed by atoms with Crippen molar-refractivity contribution in [2.24, 2.45) is 0 Å². The van der Waals surface area contributed by atoms with Crippen LogP contribution in [0.2, 0.25) is 0 Å². The van der Waals surface area contributed by atoms with Crippen molar-refractivity contribution in [3.05, 3.63) is 28.6 Å². The summed E-state index contributed by atoms with van der Waals surface area (Å²) in [5.74, 6) is 0.907. The van der Waals surface area contributed by atoms with Crippen molar-refractivity contribution in [3.63, 3.8) is 0 Å². The van der Waals surface area contributed by atoms with Crippen LogP contribution in [0.15, 0.2) is 32.3 Å². The standard InChI is InChI=1S/C15H17NO5S/c1-9(17)16-6-7-22(3)14-13(18)11-5-4-10(20-2)8-12(11)21-15(14)19/h4-5,8H,6-7H2,1-3H3,(H-,16,17,18,19)/p+1. The third-order valence-electron chi connectivity index (χ3n) is 3.18. The van der Waals surface area contributed by atoms with E-state index in [1.807, 2.05) is 6.26 Å². The zero-order chi connectivity index (χ0) is 16.3. The van der Waals surface area contributed by atoms with Gasteiger partial charge < -0.3 is 19.6 Å².